The topological polar surface area (TPSA) is 56.2 Å². The zero-order valence-corrected chi connectivity index (χ0v) is 10.3. The summed E-state index contributed by atoms with van der Waals surface area (Å²) in [5.74, 6) is 0.941. The Labute approximate surface area is 95.8 Å². The molecule has 5 nitrogen and oxygen atoms in total. The lowest BCUT2D eigenvalue weighted by atomic mass is 10.2. The quantitative estimate of drug-likeness (QED) is 0.847. The van der Waals surface area contributed by atoms with Gasteiger partial charge in [-0.25, -0.2) is 9.78 Å². The lowest BCUT2D eigenvalue weighted by molar-refractivity contribution is 0.0528. The van der Waals surface area contributed by atoms with Crippen molar-refractivity contribution in [3.8, 4) is 0 Å². The summed E-state index contributed by atoms with van der Waals surface area (Å²) in [6.45, 7) is 6.04. The molecule has 1 N–H and O–H groups in total. The van der Waals surface area contributed by atoms with E-state index in [1.807, 2.05) is 38.6 Å². The van der Waals surface area contributed by atoms with Gasteiger partial charge in [-0.15, -0.1) is 0 Å². The van der Waals surface area contributed by atoms with Crippen LogP contribution in [-0.2, 0) is 18.2 Å². The number of imidazole rings is 1. The second kappa shape index (κ2) is 5.01. The molecule has 90 valence electrons. The maximum Gasteiger partial charge on any atom is 0.407 e. The highest BCUT2D eigenvalue weighted by Gasteiger charge is 2.15. The van der Waals surface area contributed by atoms with Crippen molar-refractivity contribution in [2.75, 3.05) is 6.54 Å². The van der Waals surface area contributed by atoms with E-state index in [0.717, 1.165) is 5.82 Å². The molecule has 0 atom stereocenters. The summed E-state index contributed by atoms with van der Waals surface area (Å²) in [6.07, 6.45) is 3.93. The molecule has 0 saturated heterocycles. The summed E-state index contributed by atoms with van der Waals surface area (Å²) in [4.78, 5) is 15.5. The Morgan fingerprint density at radius 1 is 1.56 bits per heavy atom. The number of aromatic nitrogens is 2. The summed E-state index contributed by atoms with van der Waals surface area (Å²) in [6, 6.07) is 0. The molecule has 16 heavy (non-hydrogen) atoms. The molecule has 0 radical (unpaired) electrons. The van der Waals surface area contributed by atoms with Crippen LogP contribution in [-0.4, -0.2) is 27.8 Å². The van der Waals surface area contributed by atoms with Crippen molar-refractivity contribution in [2.45, 2.75) is 32.8 Å². The Kier molecular flexibility index (Phi) is 3.93. The third-order valence-electron chi connectivity index (χ3n) is 1.94. The average molecular weight is 225 g/mol. The number of ether oxygens (including phenoxy) is 1. The summed E-state index contributed by atoms with van der Waals surface area (Å²) in [5.41, 5.74) is -0.451. The first kappa shape index (κ1) is 12.5. The molecule has 1 aromatic heterocycles. The number of amides is 1. The Bertz CT molecular complexity index is 352. The van der Waals surface area contributed by atoms with Crippen LogP contribution in [0.1, 0.15) is 26.6 Å². The van der Waals surface area contributed by atoms with Gasteiger partial charge in [0.1, 0.15) is 11.4 Å². The van der Waals surface area contributed by atoms with Crippen LogP contribution < -0.4 is 5.32 Å². The molecular weight excluding hydrogens is 206 g/mol. The van der Waals surface area contributed by atoms with E-state index in [4.69, 9.17) is 4.74 Å². The van der Waals surface area contributed by atoms with Gasteiger partial charge in [0.15, 0.2) is 0 Å². The van der Waals surface area contributed by atoms with Gasteiger partial charge in [-0.2, -0.15) is 0 Å². The molecule has 0 aliphatic carbocycles. The first-order valence-electron chi connectivity index (χ1n) is 5.31. The molecule has 1 amide bonds. The van der Waals surface area contributed by atoms with Crippen molar-refractivity contribution in [1.82, 2.24) is 14.9 Å². The summed E-state index contributed by atoms with van der Waals surface area (Å²) in [7, 11) is 1.93. The van der Waals surface area contributed by atoms with Crippen molar-refractivity contribution in [3.05, 3.63) is 18.2 Å². The van der Waals surface area contributed by atoms with E-state index >= 15 is 0 Å². The maximum absolute atomic E-state index is 11.3. The number of nitrogens with one attached hydrogen (secondary N) is 1. The SMILES string of the molecule is Cn1ccnc1CCNC(=O)OC(C)(C)C. The highest BCUT2D eigenvalue weighted by Crippen LogP contribution is 2.06. The molecule has 0 fully saturated rings. The third kappa shape index (κ3) is 4.33. The lowest BCUT2D eigenvalue weighted by Crippen LogP contribution is -2.33. The van der Waals surface area contributed by atoms with Crippen molar-refractivity contribution >= 4 is 6.09 Å². The molecule has 0 aromatic carbocycles. The fourth-order valence-electron chi connectivity index (χ4n) is 1.23. The zero-order chi connectivity index (χ0) is 12.2. The molecule has 1 heterocycles. The largest absolute Gasteiger partial charge is 0.444 e. The Morgan fingerprint density at radius 2 is 2.25 bits per heavy atom. The van der Waals surface area contributed by atoms with E-state index in [0.29, 0.717) is 13.0 Å². The van der Waals surface area contributed by atoms with Gasteiger partial charge in [-0.3, -0.25) is 0 Å². The van der Waals surface area contributed by atoms with Crippen LogP contribution >= 0.6 is 0 Å². The van der Waals surface area contributed by atoms with Crippen LogP contribution in [0.3, 0.4) is 0 Å². The number of alkyl carbamates (subject to hydrolysis) is 1. The monoisotopic (exact) mass is 225 g/mol. The second-order valence-electron chi connectivity index (χ2n) is 4.63. The Morgan fingerprint density at radius 3 is 2.75 bits per heavy atom. The number of carbonyl (C=O) groups excluding carboxylic acids is 1. The van der Waals surface area contributed by atoms with Crippen LogP contribution in [0.5, 0.6) is 0 Å². The van der Waals surface area contributed by atoms with E-state index in [2.05, 4.69) is 10.3 Å². The number of nitrogens with zero attached hydrogens (tertiary/aromatic N) is 2. The molecule has 5 heteroatoms. The van der Waals surface area contributed by atoms with Crippen LogP contribution in [0.25, 0.3) is 0 Å². The lowest BCUT2D eigenvalue weighted by Gasteiger charge is -2.19. The molecule has 0 aliphatic heterocycles. The third-order valence-corrected chi connectivity index (χ3v) is 1.94. The zero-order valence-electron chi connectivity index (χ0n) is 10.3. The predicted octanol–water partition coefficient (Wildman–Crippen LogP) is 1.49. The van der Waals surface area contributed by atoms with E-state index in [1.165, 1.54) is 0 Å². The average Bonchev–Trinajstić information content (AvgIpc) is 2.48. The fraction of sp³-hybridized carbons (Fsp3) is 0.636. The molecule has 1 rings (SSSR count). The molecule has 0 spiro atoms. The first-order chi connectivity index (χ1) is 7.38. The van der Waals surface area contributed by atoms with Gasteiger partial charge >= 0.3 is 6.09 Å². The van der Waals surface area contributed by atoms with Crippen molar-refractivity contribution in [1.29, 1.82) is 0 Å². The molecule has 0 bridgehead atoms. The second-order valence-corrected chi connectivity index (χ2v) is 4.63. The fourth-order valence-corrected chi connectivity index (χ4v) is 1.23. The highest BCUT2D eigenvalue weighted by atomic mass is 16.6. The number of rotatable bonds is 3. The van der Waals surface area contributed by atoms with Crippen LogP contribution in [0.2, 0.25) is 0 Å². The number of hydrogen-bond donors (Lipinski definition) is 1. The summed E-state index contributed by atoms with van der Waals surface area (Å²) >= 11 is 0. The standard InChI is InChI=1S/C11H19N3O2/c1-11(2,3)16-10(15)13-6-5-9-12-7-8-14(9)4/h7-8H,5-6H2,1-4H3,(H,13,15). The number of carbonyl (C=O) groups is 1. The Balaban J connectivity index is 2.26. The maximum atomic E-state index is 11.3. The summed E-state index contributed by atoms with van der Waals surface area (Å²) in [5, 5.41) is 2.69. The van der Waals surface area contributed by atoms with E-state index < -0.39 is 5.60 Å². The van der Waals surface area contributed by atoms with Crippen molar-refractivity contribution < 1.29 is 9.53 Å². The smallest absolute Gasteiger partial charge is 0.407 e. The van der Waals surface area contributed by atoms with Gasteiger partial charge in [-0.05, 0) is 20.8 Å². The van der Waals surface area contributed by atoms with Crippen molar-refractivity contribution in [2.24, 2.45) is 7.05 Å². The van der Waals surface area contributed by atoms with E-state index in [-0.39, 0.29) is 6.09 Å². The molecule has 0 saturated carbocycles. The van der Waals surface area contributed by atoms with Gasteiger partial charge in [0.2, 0.25) is 0 Å². The van der Waals surface area contributed by atoms with Gasteiger partial charge in [0.25, 0.3) is 0 Å². The first-order valence-corrected chi connectivity index (χ1v) is 5.31. The summed E-state index contributed by atoms with van der Waals surface area (Å²) < 4.78 is 7.04. The predicted molar refractivity (Wildman–Crippen MR) is 61.1 cm³/mol. The normalized spacial score (nSPS) is 11.2. The molecular formula is C11H19N3O2. The van der Waals surface area contributed by atoms with Crippen LogP contribution in [0.15, 0.2) is 12.4 Å². The van der Waals surface area contributed by atoms with Gasteiger partial charge in [-0.1, -0.05) is 0 Å². The minimum atomic E-state index is -0.451. The van der Waals surface area contributed by atoms with Crippen LogP contribution in [0, 0.1) is 0 Å². The molecule has 0 unspecified atom stereocenters. The van der Waals surface area contributed by atoms with E-state index in [1.54, 1.807) is 6.20 Å². The number of aryl methyl sites for hydroxylation is 1. The van der Waals surface area contributed by atoms with Gasteiger partial charge in [0.05, 0.1) is 0 Å². The minimum Gasteiger partial charge on any atom is -0.444 e. The van der Waals surface area contributed by atoms with Crippen molar-refractivity contribution in [3.63, 3.8) is 0 Å². The highest BCUT2D eigenvalue weighted by molar-refractivity contribution is 5.67. The molecule has 1 aromatic rings. The van der Waals surface area contributed by atoms with E-state index in [9.17, 15) is 4.79 Å². The minimum absolute atomic E-state index is 0.387. The van der Waals surface area contributed by atoms with Gasteiger partial charge in [0, 0.05) is 32.4 Å². The Hall–Kier alpha value is -1.52. The number of hydrogen-bond acceptors (Lipinski definition) is 3. The van der Waals surface area contributed by atoms with Gasteiger partial charge < -0.3 is 14.6 Å². The van der Waals surface area contributed by atoms with Crippen LogP contribution in [0.4, 0.5) is 4.79 Å². The molecule has 0 aliphatic rings.